The Balaban J connectivity index is 1.67. The zero-order chi connectivity index (χ0) is 23.8. The second-order valence-corrected chi connectivity index (χ2v) is 7.50. The Morgan fingerprint density at radius 1 is 1.27 bits per heavy atom. The van der Waals surface area contributed by atoms with E-state index >= 15 is 0 Å². The first-order valence-corrected chi connectivity index (χ1v) is 10.7. The Hall–Kier alpha value is -3.36. The lowest BCUT2D eigenvalue weighted by Crippen LogP contribution is -2.31. The van der Waals surface area contributed by atoms with Gasteiger partial charge in [0, 0.05) is 12.0 Å². The van der Waals surface area contributed by atoms with Crippen LogP contribution in [0.5, 0.6) is 5.75 Å². The normalized spacial score (nSPS) is 20.0. The third-order valence-electron chi connectivity index (χ3n) is 5.15. The van der Waals surface area contributed by atoms with Gasteiger partial charge in [-0.05, 0) is 41.8 Å². The average Bonchev–Trinajstić information content (AvgIpc) is 2.83. The summed E-state index contributed by atoms with van der Waals surface area (Å²) >= 11 is 0. The van der Waals surface area contributed by atoms with E-state index in [1.54, 1.807) is 18.2 Å². The molecule has 3 rings (SSSR count). The molecule has 2 aliphatic rings. The highest BCUT2D eigenvalue weighted by atomic mass is 16.6. The van der Waals surface area contributed by atoms with Crippen molar-refractivity contribution in [2.45, 2.75) is 25.6 Å². The fourth-order valence-electron chi connectivity index (χ4n) is 3.51. The summed E-state index contributed by atoms with van der Waals surface area (Å²) in [5.74, 6) is -0.120. The molecular formula is C25H28O8. The SMILES string of the molecule is C=CC(=O)OCC(O)COC1=CC2OC(=O)C(c3ccc(OCCO)cc3CC)=CC2C=C1. The van der Waals surface area contributed by atoms with Gasteiger partial charge < -0.3 is 29.2 Å². The molecule has 176 valence electrons. The van der Waals surface area contributed by atoms with Crippen molar-refractivity contribution in [1.82, 2.24) is 0 Å². The fourth-order valence-corrected chi connectivity index (χ4v) is 3.51. The molecule has 0 aromatic heterocycles. The van der Waals surface area contributed by atoms with Crippen LogP contribution in [0.25, 0.3) is 5.57 Å². The zero-order valence-corrected chi connectivity index (χ0v) is 18.4. The van der Waals surface area contributed by atoms with E-state index in [1.165, 1.54) is 0 Å². The third kappa shape index (κ3) is 6.34. The number of ether oxygens (including phenoxy) is 4. The molecule has 0 saturated carbocycles. The van der Waals surface area contributed by atoms with Crippen molar-refractivity contribution in [3.8, 4) is 5.75 Å². The molecule has 3 atom stereocenters. The van der Waals surface area contributed by atoms with Crippen LogP contribution in [-0.4, -0.2) is 60.8 Å². The van der Waals surface area contributed by atoms with E-state index in [9.17, 15) is 14.7 Å². The highest BCUT2D eigenvalue weighted by molar-refractivity contribution is 6.17. The van der Waals surface area contributed by atoms with Gasteiger partial charge in [0.05, 0.1) is 12.2 Å². The van der Waals surface area contributed by atoms with Crippen molar-refractivity contribution in [3.05, 3.63) is 72.0 Å². The molecule has 8 nitrogen and oxygen atoms in total. The molecule has 0 fully saturated rings. The van der Waals surface area contributed by atoms with E-state index in [0.717, 1.165) is 17.2 Å². The maximum atomic E-state index is 12.8. The van der Waals surface area contributed by atoms with Gasteiger partial charge >= 0.3 is 11.9 Å². The molecule has 0 saturated heterocycles. The minimum absolute atomic E-state index is 0.0724. The van der Waals surface area contributed by atoms with Crippen molar-refractivity contribution in [2.24, 2.45) is 5.92 Å². The van der Waals surface area contributed by atoms with E-state index in [0.29, 0.717) is 23.5 Å². The molecule has 1 aliphatic carbocycles. The van der Waals surface area contributed by atoms with Crippen LogP contribution >= 0.6 is 0 Å². The zero-order valence-electron chi connectivity index (χ0n) is 18.4. The number of hydrogen-bond acceptors (Lipinski definition) is 8. The summed E-state index contributed by atoms with van der Waals surface area (Å²) in [6, 6.07) is 5.46. The maximum Gasteiger partial charge on any atom is 0.339 e. The van der Waals surface area contributed by atoms with E-state index in [4.69, 9.17) is 24.1 Å². The van der Waals surface area contributed by atoms with Gasteiger partial charge in [-0.2, -0.15) is 0 Å². The van der Waals surface area contributed by atoms with Gasteiger partial charge in [0.1, 0.15) is 43.5 Å². The number of hydrogen-bond donors (Lipinski definition) is 2. The van der Waals surface area contributed by atoms with E-state index in [1.807, 2.05) is 31.2 Å². The lowest BCUT2D eigenvalue weighted by molar-refractivity contribution is -0.142. The number of aliphatic hydroxyl groups is 2. The molecule has 0 amide bonds. The molecule has 33 heavy (non-hydrogen) atoms. The van der Waals surface area contributed by atoms with Gasteiger partial charge in [-0.1, -0.05) is 31.7 Å². The third-order valence-corrected chi connectivity index (χ3v) is 5.15. The number of benzene rings is 1. The van der Waals surface area contributed by atoms with Gasteiger partial charge in [-0.25, -0.2) is 9.59 Å². The Morgan fingerprint density at radius 3 is 2.82 bits per heavy atom. The summed E-state index contributed by atoms with van der Waals surface area (Å²) in [5.41, 5.74) is 2.22. The monoisotopic (exact) mass is 456 g/mol. The minimum Gasteiger partial charge on any atom is -0.491 e. The van der Waals surface area contributed by atoms with Crippen LogP contribution in [0.1, 0.15) is 18.1 Å². The molecule has 3 unspecified atom stereocenters. The fraction of sp³-hybridized carbons (Fsp3) is 0.360. The number of aliphatic hydroxyl groups excluding tert-OH is 2. The summed E-state index contributed by atoms with van der Waals surface area (Å²) in [5, 5.41) is 18.8. The Labute approximate surface area is 192 Å². The first-order valence-electron chi connectivity index (χ1n) is 10.7. The smallest absolute Gasteiger partial charge is 0.339 e. The second kappa shape index (κ2) is 11.5. The lowest BCUT2D eigenvalue weighted by Gasteiger charge is -2.29. The van der Waals surface area contributed by atoms with Crippen molar-refractivity contribution in [1.29, 1.82) is 0 Å². The van der Waals surface area contributed by atoms with Gasteiger partial charge in [0.15, 0.2) is 0 Å². The topological polar surface area (TPSA) is 112 Å². The van der Waals surface area contributed by atoms with Gasteiger partial charge in [-0.15, -0.1) is 0 Å². The molecule has 2 N–H and O–H groups in total. The van der Waals surface area contributed by atoms with E-state index in [2.05, 4.69) is 6.58 Å². The van der Waals surface area contributed by atoms with E-state index < -0.39 is 24.1 Å². The predicted molar refractivity (Wildman–Crippen MR) is 120 cm³/mol. The lowest BCUT2D eigenvalue weighted by atomic mass is 9.88. The van der Waals surface area contributed by atoms with E-state index in [-0.39, 0.29) is 32.3 Å². The highest BCUT2D eigenvalue weighted by Gasteiger charge is 2.32. The van der Waals surface area contributed by atoms with Crippen LogP contribution in [-0.2, 0) is 30.2 Å². The van der Waals surface area contributed by atoms with Crippen molar-refractivity contribution in [3.63, 3.8) is 0 Å². The number of carbonyl (C=O) groups excluding carboxylic acids is 2. The Morgan fingerprint density at radius 2 is 2.09 bits per heavy atom. The number of fused-ring (bicyclic) bond motifs is 1. The second-order valence-electron chi connectivity index (χ2n) is 7.50. The van der Waals surface area contributed by atoms with Crippen LogP contribution < -0.4 is 4.74 Å². The largest absolute Gasteiger partial charge is 0.491 e. The molecule has 1 heterocycles. The molecule has 0 radical (unpaired) electrons. The number of allylic oxidation sites excluding steroid dienone is 1. The number of rotatable bonds is 11. The van der Waals surface area contributed by atoms with Gasteiger partial charge in [-0.3, -0.25) is 0 Å². The number of aryl methyl sites for hydroxylation is 1. The molecule has 1 aromatic rings. The first-order chi connectivity index (χ1) is 15.9. The summed E-state index contributed by atoms with van der Waals surface area (Å²) in [6.07, 6.45) is 7.39. The maximum absolute atomic E-state index is 12.8. The molecule has 0 bridgehead atoms. The minimum atomic E-state index is -1.00. The van der Waals surface area contributed by atoms with Crippen LogP contribution in [0, 0.1) is 5.92 Å². The standard InChI is InChI=1S/C25H28O8/c1-3-16-11-19(30-10-9-26)7-8-21(16)22-12-17-5-6-20(13-23(17)33-25(22)29)31-14-18(27)15-32-24(28)4-2/h4-8,11-13,17-18,23,26-27H,2-3,9-10,14-15H2,1H3. The Kier molecular flexibility index (Phi) is 8.46. The van der Waals surface area contributed by atoms with Gasteiger partial charge in [0.25, 0.3) is 0 Å². The number of esters is 2. The quantitative estimate of drug-likeness (QED) is 0.385. The van der Waals surface area contributed by atoms with Crippen molar-refractivity contribution >= 4 is 17.5 Å². The Bertz CT molecular complexity index is 975. The molecule has 1 aromatic carbocycles. The summed E-state index contributed by atoms with van der Waals surface area (Å²) in [4.78, 5) is 23.8. The van der Waals surface area contributed by atoms with Crippen LogP contribution in [0.2, 0.25) is 0 Å². The first kappa shape index (κ1) is 24.3. The highest BCUT2D eigenvalue weighted by Crippen LogP contribution is 2.34. The van der Waals surface area contributed by atoms with Crippen LogP contribution in [0.15, 0.2) is 60.9 Å². The van der Waals surface area contributed by atoms with Crippen LogP contribution in [0.3, 0.4) is 0 Å². The predicted octanol–water partition coefficient (Wildman–Crippen LogP) is 2.11. The van der Waals surface area contributed by atoms with Gasteiger partial charge in [0.2, 0.25) is 0 Å². The van der Waals surface area contributed by atoms with Crippen LogP contribution in [0.4, 0.5) is 0 Å². The van der Waals surface area contributed by atoms with Crippen molar-refractivity contribution < 1.29 is 38.7 Å². The number of carbonyl (C=O) groups is 2. The average molecular weight is 456 g/mol. The summed E-state index contributed by atoms with van der Waals surface area (Å²) in [6.45, 7) is 5.11. The summed E-state index contributed by atoms with van der Waals surface area (Å²) < 4.78 is 21.5. The van der Waals surface area contributed by atoms with Crippen molar-refractivity contribution in [2.75, 3.05) is 26.4 Å². The molecule has 0 spiro atoms. The molecule has 1 aliphatic heterocycles. The molecule has 8 heteroatoms. The molecular weight excluding hydrogens is 428 g/mol. The summed E-state index contributed by atoms with van der Waals surface area (Å²) in [7, 11) is 0.